The first-order chi connectivity index (χ1) is 11.2. The Balaban J connectivity index is 1.78. The van der Waals surface area contributed by atoms with Crippen LogP contribution in [0.2, 0.25) is 0 Å². The fourth-order valence-electron chi connectivity index (χ4n) is 3.23. The lowest BCUT2D eigenvalue weighted by Gasteiger charge is -2.42. The molecule has 0 aromatic carbocycles. The van der Waals surface area contributed by atoms with E-state index in [1.807, 2.05) is 11.4 Å². The molecule has 4 heterocycles. The lowest BCUT2D eigenvalue weighted by atomic mass is 9.80. The maximum atomic E-state index is 13.9. The average molecular weight is 349 g/mol. The SMILES string of the molecule is NC1=NC2(c3cc(-c4cccnc4F)cs3)CCOCC2CS1. The van der Waals surface area contributed by atoms with E-state index in [1.165, 1.54) is 6.20 Å². The van der Waals surface area contributed by atoms with E-state index in [1.54, 1.807) is 35.2 Å². The van der Waals surface area contributed by atoms with Gasteiger partial charge in [-0.2, -0.15) is 4.39 Å². The van der Waals surface area contributed by atoms with Crippen LogP contribution in [0.3, 0.4) is 0 Å². The number of thiophene rings is 1. The molecule has 2 atom stereocenters. The molecule has 0 bridgehead atoms. The van der Waals surface area contributed by atoms with Gasteiger partial charge in [0.2, 0.25) is 5.95 Å². The fourth-order valence-corrected chi connectivity index (χ4v) is 5.36. The standard InChI is InChI=1S/C16H16FN3OS2/c17-14-12(2-1-4-19-14)10-6-13(22-8-10)16-3-5-21-7-11(16)9-23-15(18)20-16/h1-2,4,6,8,11H,3,5,7,9H2,(H2,18,20). The second kappa shape index (κ2) is 5.89. The van der Waals surface area contributed by atoms with E-state index in [0.29, 0.717) is 29.9 Å². The summed E-state index contributed by atoms with van der Waals surface area (Å²) in [6.07, 6.45) is 2.27. The highest BCUT2D eigenvalue weighted by Gasteiger charge is 2.46. The van der Waals surface area contributed by atoms with E-state index < -0.39 is 5.95 Å². The summed E-state index contributed by atoms with van der Waals surface area (Å²) in [5.74, 6) is 0.767. The summed E-state index contributed by atoms with van der Waals surface area (Å²) in [6.45, 7) is 1.37. The minimum Gasteiger partial charge on any atom is -0.381 e. The minimum absolute atomic E-state index is 0.304. The van der Waals surface area contributed by atoms with E-state index in [4.69, 9.17) is 15.5 Å². The molecule has 0 saturated carbocycles. The first-order valence-electron chi connectivity index (χ1n) is 7.45. The van der Waals surface area contributed by atoms with Crippen LogP contribution in [0, 0.1) is 11.9 Å². The average Bonchev–Trinajstić information content (AvgIpc) is 3.05. The quantitative estimate of drug-likeness (QED) is 0.846. The Morgan fingerprint density at radius 3 is 3.22 bits per heavy atom. The van der Waals surface area contributed by atoms with Crippen molar-refractivity contribution in [3.05, 3.63) is 40.6 Å². The van der Waals surface area contributed by atoms with Gasteiger partial charge in [-0.3, -0.25) is 0 Å². The molecule has 23 heavy (non-hydrogen) atoms. The van der Waals surface area contributed by atoms with Crippen molar-refractivity contribution in [1.29, 1.82) is 0 Å². The van der Waals surface area contributed by atoms with Crippen molar-refractivity contribution in [2.75, 3.05) is 19.0 Å². The van der Waals surface area contributed by atoms with E-state index in [2.05, 4.69) is 4.98 Å². The van der Waals surface area contributed by atoms with Gasteiger partial charge in [-0.05, 0) is 29.1 Å². The van der Waals surface area contributed by atoms with Gasteiger partial charge in [0.05, 0.1) is 6.61 Å². The molecule has 120 valence electrons. The summed E-state index contributed by atoms with van der Waals surface area (Å²) in [7, 11) is 0. The van der Waals surface area contributed by atoms with Gasteiger partial charge in [0, 0.05) is 41.3 Å². The third-order valence-corrected chi connectivity index (χ3v) is 6.51. The van der Waals surface area contributed by atoms with Gasteiger partial charge in [-0.1, -0.05) is 11.8 Å². The van der Waals surface area contributed by atoms with Crippen LogP contribution in [0.15, 0.2) is 34.8 Å². The number of ether oxygens (including phenoxy) is 1. The molecule has 1 fully saturated rings. The van der Waals surface area contributed by atoms with Gasteiger partial charge in [-0.25, -0.2) is 9.98 Å². The predicted octanol–water partition coefficient (Wildman–Crippen LogP) is 3.24. The molecule has 0 aliphatic carbocycles. The maximum Gasteiger partial charge on any atom is 0.220 e. The van der Waals surface area contributed by atoms with E-state index >= 15 is 0 Å². The highest BCUT2D eigenvalue weighted by Crippen LogP contribution is 2.48. The molecule has 0 spiro atoms. The largest absolute Gasteiger partial charge is 0.381 e. The Hall–Kier alpha value is -1.44. The number of thioether (sulfide) groups is 1. The third-order valence-electron chi connectivity index (χ3n) is 4.46. The van der Waals surface area contributed by atoms with Gasteiger partial charge in [-0.15, -0.1) is 11.3 Å². The van der Waals surface area contributed by atoms with Crippen molar-refractivity contribution < 1.29 is 9.13 Å². The monoisotopic (exact) mass is 349 g/mol. The smallest absolute Gasteiger partial charge is 0.220 e. The molecule has 1 saturated heterocycles. The fraction of sp³-hybridized carbons (Fsp3) is 0.375. The summed E-state index contributed by atoms with van der Waals surface area (Å²) >= 11 is 3.20. The molecule has 2 aromatic rings. The molecular formula is C16H16FN3OS2. The maximum absolute atomic E-state index is 13.9. The van der Waals surface area contributed by atoms with Gasteiger partial charge >= 0.3 is 0 Å². The van der Waals surface area contributed by atoms with E-state index in [9.17, 15) is 4.39 Å². The van der Waals surface area contributed by atoms with Crippen LogP contribution in [0.5, 0.6) is 0 Å². The number of rotatable bonds is 2. The van der Waals surface area contributed by atoms with E-state index in [0.717, 1.165) is 22.6 Å². The zero-order chi connectivity index (χ0) is 15.9. The van der Waals surface area contributed by atoms with Gasteiger partial charge in [0.15, 0.2) is 5.17 Å². The number of amidine groups is 1. The Bertz CT molecular complexity index is 763. The molecule has 0 radical (unpaired) electrons. The Morgan fingerprint density at radius 1 is 1.43 bits per heavy atom. The zero-order valence-corrected chi connectivity index (χ0v) is 14.0. The number of aliphatic imine (C=N–C) groups is 1. The highest BCUT2D eigenvalue weighted by atomic mass is 32.2. The van der Waals surface area contributed by atoms with Gasteiger partial charge < -0.3 is 10.5 Å². The number of nitrogens with two attached hydrogens (primary N) is 1. The third kappa shape index (κ3) is 2.56. The molecule has 7 heteroatoms. The van der Waals surface area contributed by atoms with Crippen molar-refractivity contribution in [1.82, 2.24) is 4.98 Å². The molecule has 2 N–H and O–H groups in total. The van der Waals surface area contributed by atoms with Crippen molar-refractivity contribution in [2.24, 2.45) is 16.6 Å². The summed E-state index contributed by atoms with van der Waals surface area (Å²) < 4.78 is 19.6. The van der Waals surface area contributed by atoms with Crippen molar-refractivity contribution in [2.45, 2.75) is 12.0 Å². The second-order valence-corrected chi connectivity index (χ2v) is 7.70. The van der Waals surface area contributed by atoms with Crippen LogP contribution in [-0.4, -0.2) is 29.1 Å². The molecule has 2 aliphatic heterocycles. The van der Waals surface area contributed by atoms with Crippen molar-refractivity contribution in [3.63, 3.8) is 0 Å². The molecule has 2 unspecified atom stereocenters. The van der Waals surface area contributed by atoms with Crippen LogP contribution >= 0.6 is 23.1 Å². The summed E-state index contributed by atoms with van der Waals surface area (Å²) in [4.78, 5) is 9.68. The van der Waals surface area contributed by atoms with Crippen molar-refractivity contribution in [3.8, 4) is 11.1 Å². The van der Waals surface area contributed by atoms with E-state index in [-0.39, 0.29) is 5.54 Å². The summed E-state index contributed by atoms with van der Waals surface area (Å²) in [5, 5.41) is 2.61. The zero-order valence-electron chi connectivity index (χ0n) is 12.4. The molecule has 4 nitrogen and oxygen atoms in total. The number of fused-ring (bicyclic) bond motifs is 1. The molecule has 4 rings (SSSR count). The van der Waals surface area contributed by atoms with Gasteiger partial charge in [0.25, 0.3) is 0 Å². The Labute approximate surface area is 142 Å². The summed E-state index contributed by atoms with van der Waals surface area (Å²) in [5.41, 5.74) is 7.06. The Kier molecular flexibility index (Phi) is 3.87. The number of hydrogen-bond donors (Lipinski definition) is 1. The first-order valence-corrected chi connectivity index (χ1v) is 9.31. The number of hydrogen-bond acceptors (Lipinski definition) is 6. The highest BCUT2D eigenvalue weighted by molar-refractivity contribution is 8.13. The number of pyridine rings is 1. The number of halogens is 1. The Morgan fingerprint density at radius 2 is 2.35 bits per heavy atom. The topological polar surface area (TPSA) is 60.5 Å². The van der Waals surface area contributed by atoms with Crippen LogP contribution in [-0.2, 0) is 10.3 Å². The normalized spacial score (nSPS) is 27.3. The molecule has 2 aliphatic rings. The lowest BCUT2D eigenvalue weighted by Crippen LogP contribution is -2.46. The van der Waals surface area contributed by atoms with Crippen LogP contribution < -0.4 is 5.73 Å². The van der Waals surface area contributed by atoms with Gasteiger partial charge in [0.1, 0.15) is 5.54 Å². The predicted molar refractivity (Wildman–Crippen MR) is 92.2 cm³/mol. The van der Waals surface area contributed by atoms with Crippen LogP contribution in [0.25, 0.3) is 11.1 Å². The molecule has 0 amide bonds. The number of aromatic nitrogens is 1. The lowest BCUT2D eigenvalue weighted by molar-refractivity contribution is 0.0114. The minimum atomic E-state index is -0.444. The molecule has 2 aromatic heterocycles. The van der Waals surface area contributed by atoms with Crippen LogP contribution in [0.1, 0.15) is 11.3 Å². The second-order valence-electron chi connectivity index (χ2n) is 5.75. The van der Waals surface area contributed by atoms with Crippen molar-refractivity contribution >= 4 is 28.3 Å². The number of nitrogens with zero attached hydrogens (tertiary/aromatic N) is 2. The summed E-state index contributed by atoms with van der Waals surface area (Å²) in [6, 6.07) is 5.54. The van der Waals surface area contributed by atoms with Crippen LogP contribution in [0.4, 0.5) is 4.39 Å². The molecular weight excluding hydrogens is 333 g/mol. The first kappa shape index (κ1) is 15.1.